The molecule has 0 aromatic heterocycles. The van der Waals surface area contributed by atoms with Gasteiger partial charge in [-0.2, -0.15) is 35.1 Å². The summed E-state index contributed by atoms with van der Waals surface area (Å²) in [5, 5.41) is 16.8. The molecule has 0 aliphatic rings. The number of halogens is 10. The van der Waals surface area contributed by atoms with Crippen molar-refractivity contribution in [2.24, 2.45) is 0 Å². The SMILES string of the molecule is CC(O)(C(F)(F)F)C(F)(F)C(O)(C(F)F)C(F)(F)F. The molecule has 0 fully saturated rings. The Kier molecular flexibility index (Phi) is 4.18. The first-order valence-electron chi connectivity index (χ1n) is 4.18. The van der Waals surface area contributed by atoms with Crippen LogP contribution in [0.2, 0.25) is 0 Å². The lowest BCUT2D eigenvalue weighted by molar-refractivity contribution is -0.425. The first-order valence-corrected chi connectivity index (χ1v) is 4.18. The molecule has 0 aliphatic carbocycles. The Hall–Kier alpha value is -0.780. The highest BCUT2D eigenvalue weighted by molar-refractivity contribution is 5.12. The molecule has 0 spiro atoms. The molecule has 0 aliphatic heterocycles. The van der Waals surface area contributed by atoms with Crippen LogP contribution in [0.5, 0.6) is 0 Å². The van der Waals surface area contributed by atoms with Gasteiger partial charge in [0.2, 0.25) is 5.60 Å². The van der Waals surface area contributed by atoms with Gasteiger partial charge in [0.1, 0.15) is 0 Å². The summed E-state index contributed by atoms with van der Waals surface area (Å²) in [6.07, 6.45) is -18.5. The second-order valence-corrected chi connectivity index (χ2v) is 3.71. The van der Waals surface area contributed by atoms with Crippen LogP contribution in [0.1, 0.15) is 6.92 Å². The molecule has 12 heteroatoms. The fourth-order valence-corrected chi connectivity index (χ4v) is 0.988. The third-order valence-corrected chi connectivity index (χ3v) is 2.39. The van der Waals surface area contributed by atoms with E-state index in [9.17, 15) is 43.9 Å². The van der Waals surface area contributed by atoms with E-state index in [1.54, 1.807) is 0 Å². The van der Waals surface area contributed by atoms with Crippen LogP contribution in [0.25, 0.3) is 0 Å². The maximum atomic E-state index is 13.1. The van der Waals surface area contributed by atoms with E-state index in [0.29, 0.717) is 0 Å². The van der Waals surface area contributed by atoms with Gasteiger partial charge in [0, 0.05) is 0 Å². The number of aliphatic hydroxyl groups is 2. The van der Waals surface area contributed by atoms with Crippen molar-refractivity contribution >= 4 is 0 Å². The highest BCUT2D eigenvalue weighted by atomic mass is 19.4. The highest BCUT2D eigenvalue weighted by Gasteiger charge is 2.84. The molecule has 2 atom stereocenters. The molecule has 0 rings (SSSR count). The van der Waals surface area contributed by atoms with Crippen molar-refractivity contribution in [1.29, 1.82) is 0 Å². The minimum Gasteiger partial charge on any atom is -0.376 e. The smallest absolute Gasteiger partial charge is 0.376 e. The Morgan fingerprint density at radius 1 is 0.737 bits per heavy atom. The lowest BCUT2D eigenvalue weighted by Gasteiger charge is -2.43. The first-order chi connectivity index (χ1) is 7.94. The summed E-state index contributed by atoms with van der Waals surface area (Å²) in [5.74, 6) is -6.65. The van der Waals surface area contributed by atoms with E-state index in [-0.39, 0.29) is 0 Å². The zero-order valence-corrected chi connectivity index (χ0v) is 8.75. The molecule has 0 saturated carbocycles. The van der Waals surface area contributed by atoms with Crippen molar-refractivity contribution in [3.63, 3.8) is 0 Å². The number of hydrogen-bond donors (Lipinski definition) is 2. The Morgan fingerprint density at radius 3 is 1.21 bits per heavy atom. The predicted octanol–water partition coefficient (Wildman–Crippen LogP) is 2.49. The summed E-state index contributed by atoms with van der Waals surface area (Å²) < 4.78 is 123. The average Bonchev–Trinajstić information content (AvgIpc) is 2.11. The quantitative estimate of drug-likeness (QED) is 0.786. The van der Waals surface area contributed by atoms with Crippen LogP contribution >= 0.6 is 0 Å². The maximum Gasteiger partial charge on any atom is 0.429 e. The van der Waals surface area contributed by atoms with E-state index in [1.165, 1.54) is 0 Å². The molecular weight excluding hydrogens is 306 g/mol. The van der Waals surface area contributed by atoms with Crippen molar-refractivity contribution in [1.82, 2.24) is 0 Å². The van der Waals surface area contributed by atoms with Gasteiger partial charge in [-0.1, -0.05) is 0 Å². The molecule has 2 N–H and O–H groups in total. The molecule has 0 heterocycles. The Morgan fingerprint density at radius 2 is 1.05 bits per heavy atom. The van der Waals surface area contributed by atoms with Gasteiger partial charge in [-0.05, 0) is 6.92 Å². The van der Waals surface area contributed by atoms with E-state index in [1.807, 2.05) is 0 Å². The van der Waals surface area contributed by atoms with Crippen LogP contribution in [0, 0.1) is 0 Å². The molecule has 0 amide bonds. The van der Waals surface area contributed by atoms with Crippen LogP contribution in [0.15, 0.2) is 0 Å². The molecule has 0 aromatic rings. The standard InChI is InChI=1S/C7H6F10O2/c1-3(18,6(12,13)14)5(10,11)4(19,2(8)9)7(15,16)17/h2,18-19H,1H3. The lowest BCUT2D eigenvalue weighted by Crippen LogP contribution is -2.74. The Labute approximate surface area is 98.2 Å². The van der Waals surface area contributed by atoms with Crippen molar-refractivity contribution in [3.8, 4) is 0 Å². The summed E-state index contributed by atoms with van der Waals surface area (Å²) >= 11 is 0. The number of alkyl halides is 10. The van der Waals surface area contributed by atoms with Crippen LogP contribution in [0.3, 0.4) is 0 Å². The summed E-state index contributed by atoms with van der Waals surface area (Å²) in [4.78, 5) is 0. The molecular formula is C7H6F10O2. The second kappa shape index (κ2) is 4.36. The van der Waals surface area contributed by atoms with Gasteiger partial charge in [-0.25, -0.2) is 8.78 Å². The van der Waals surface area contributed by atoms with Crippen LogP contribution < -0.4 is 0 Å². The summed E-state index contributed by atoms with van der Waals surface area (Å²) in [5.41, 5.74) is -11.9. The molecule has 0 aromatic carbocycles. The number of hydrogen-bond acceptors (Lipinski definition) is 2. The Bertz CT molecular complexity index is 330. The molecule has 0 bridgehead atoms. The van der Waals surface area contributed by atoms with Gasteiger partial charge in [-0.15, -0.1) is 0 Å². The van der Waals surface area contributed by atoms with Gasteiger partial charge in [0.05, 0.1) is 0 Å². The molecule has 19 heavy (non-hydrogen) atoms. The predicted molar refractivity (Wildman–Crippen MR) is 38.6 cm³/mol. The zero-order valence-electron chi connectivity index (χ0n) is 8.75. The number of rotatable bonds is 3. The highest BCUT2D eigenvalue weighted by Crippen LogP contribution is 2.54. The van der Waals surface area contributed by atoms with Crippen molar-refractivity contribution in [2.75, 3.05) is 0 Å². The monoisotopic (exact) mass is 312 g/mol. The van der Waals surface area contributed by atoms with E-state index >= 15 is 0 Å². The average molecular weight is 312 g/mol. The summed E-state index contributed by atoms with van der Waals surface area (Å²) in [6.45, 7) is -0.855. The van der Waals surface area contributed by atoms with Gasteiger partial charge in [0.15, 0.2) is 0 Å². The van der Waals surface area contributed by atoms with Gasteiger partial charge in [0.25, 0.3) is 12.0 Å². The van der Waals surface area contributed by atoms with Gasteiger partial charge >= 0.3 is 18.3 Å². The normalized spacial score (nSPS) is 21.2. The van der Waals surface area contributed by atoms with Crippen LogP contribution in [0.4, 0.5) is 43.9 Å². The summed E-state index contributed by atoms with van der Waals surface area (Å²) in [7, 11) is 0. The molecule has 0 saturated heterocycles. The minimum absolute atomic E-state index is 0.855. The van der Waals surface area contributed by atoms with Crippen molar-refractivity contribution in [3.05, 3.63) is 0 Å². The van der Waals surface area contributed by atoms with Gasteiger partial charge in [-0.3, -0.25) is 0 Å². The fourth-order valence-electron chi connectivity index (χ4n) is 0.988. The van der Waals surface area contributed by atoms with E-state index in [0.717, 1.165) is 0 Å². The van der Waals surface area contributed by atoms with Crippen molar-refractivity contribution < 1.29 is 54.1 Å². The third-order valence-electron chi connectivity index (χ3n) is 2.39. The van der Waals surface area contributed by atoms with Crippen molar-refractivity contribution in [2.45, 2.75) is 42.8 Å². The zero-order chi connectivity index (χ0) is 16.1. The molecule has 0 radical (unpaired) electrons. The van der Waals surface area contributed by atoms with E-state index in [2.05, 4.69) is 0 Å². The van der Waals surface area contributed by atoms with Gasteiger partial charge < -0.3 is 10.2 Å². The lowest BCUT2D eigenvalue weighted by atomic mass is 9.82. The minimum atomic E-state index is -6.82. The second-order valence-electron chi connectivity index (χ2n) is 3.71. The topological polar surface area (TPSA) is 40.5 Å². The largest absolute Gasteiger partial charge is 0.429 e. The van der Waals surface area contributed by atoms with E-state index in [4.69, 9.17) is 10.2 Å². The molecule has 2 unspecified atom stereocenters. The maximum absolute atomic E-state index is 13.1. The molecule has 2 nitrogen and oxygen atoms in total. The Balaban J connectivity index is 6.13. The third kappa shape index (κ3) is 2.35. The fraction of sp³-hybridized carbons (Fsp3) is 1.00. The van der Waals surface area contributed by atoms with Crippen LogP contribution in [-0.2, 0) is 0 Å². The van der Waals surface area contributed by atoms with E-state index < -0.39 is 42.8 Å². The van der Waals surface area contributed by atoms with Crippen LogP contribution in [-0.4, -0.2) is 46.1 Å². The summed E-state index contributed by atoms with van der Waals surface area (Å²) in [6, 6.07) is 0. The first kappa shape index (κ1) is 18.2. The molecule has 116 valence electrons.